The van der Waals surface area contributed by atoms with Crippen LogP contribution < -0.4 is 5.69 Å². The highest BCUT2D eigenvalue weighted by Crippen LogP contribution is 2.28. The van der Waals surface area contributed by atoms with Gasteiger partial charge in [-0.3, -0.25) is 14.1 Å². The molecule has 3 heterocycles. The molecule has 0 saturated carbocycles. The number of aromatic amines is 1. The Labute approximate surface area is 181 Å². The first-order valence-electron chi connectivity index (χ1n) is 10.6. The number of nitrogens with one attached hydrogen (secondary N) is 1. The van der Waals surface area contributed by atoms with Crippen molar-refractivity contribution >= 4 is 0 Å². The second kappa shape index (κ2) is 8.67. The molecule has 31 heavy (non-hydrogen) atoms. The number of H-pyrrole nitrogens is 1. The third-order valence-corrected chi connectivity index (χ3v) is 5.52. The molecule has 0 spiro atoms. The van der Waals surface area contributed by atoms with Gasteiger partial charge in [0.15, 0.2) is 0 Å². The average molecular weight is 418 g/mol. The van der Waals surface area contributed by atoms with Crippen molar-refractivity contribution in [2.24, 2.45) is 0 Å². The predicted octanol–water partition coefficient (Wildman–Crippen LogP) is 3.78. The number of benzene rings is 1. The van der Waals surface area contributed by atoms with E-state index in [4.69, 9.17) is 0 Å². The van der Waals surface area contributed by atoms with Crippen LogP contribution in [-0.4, -0.2) is 34.7 Å². The fourth-order valence-electron chi connectivity index (χ4n) is 4.10. The maximum atomic E-state index is 13.1. The third kappa shape index (κ3) is 3.93. The Hall–Kier alpha value is -3.55. The van der Waals surface area contributed by atoms with Crippen LogP contribution in [0.2, 0.25) is 0 Å². The number of nitrogens with zero attached hydrogens (tertiary/aromatic N) is 6. The minimum atomic E-state index is 0.0617. The van der Waals surface area contributed by atoms with E-state index in [1.165, 1.54) is 0 Å². The zero-order valence-corrected chi connectivity index (χ0v) is 18.3. The molecule has 4 rings (SSSR count). The van der Waals surface area contributed by atoms with Gasteiger partial charge >= 0.3 is 5.69 Å². The van der Waals surface area contributed by atoms with Crippen LogP contribution in [0.4, 0.5) is 0 Å². The van der Waals surface area contributed by atoms with Gasteiger partial charge in [-0.15, -0.1) is 10.2 Å². The molecule has 0 radical (unpaired) electrons. The topological polar surface area (TPSA) is 94.3 Å². The highest BCUT2D eigenvalue weighted by atomic mass is 16.1. The van der Waals surface area contributed by atoms with Gasteiger partial charge in [-0.2, -0.15) is 5.21 Å². The van der Waals surface area contributed by atoms with Crippen molar-refractivity contribution in [3.63, 3.8) is 0 Å². The summed E-state index contributed by atoms with van der Waals surface area (Å²) in [6, 6.07) is 12.2. The quantitative estimate of drug-likeness (QED) is 0.494. The van der Waals surface area contributed by atoms with E-state index in [2.05, 4.69) is 58.5 Å². The Morgan fingerprint density at radius 2 is 1.90 bits per heavy atom. The van der Waals surface area contributed by atoms with Crippen LogP contribution in [0.25, 0.3) is 22.6 Å². The molecule has 0 aliphatic rings. The normalized spacial score (nSPS) is 11.4. The molecule has 1 N–H and O–H groups in total. The first-order chi connectivity index (χ1) is 15.0. The van der Waals surface area contributed by atoms with Crippen LogP contribution >= 0.6 is 0 Å². The van der Waals surface area contributed by atoms with E-state index in [1.54, 1.807) is 6.20 Å². The molecule has 1 aromatic carbocycles. The highest BCUT2D eigenvalue weighted by Gasteiger charge is 2.18. The minimum Gasteiger partial charge on any atom is -0.294 e. The van der Waals surface area contributed by atoms with Crippen molar-refractivity contribution in [1.82, 2.24) is 34.7 Å². The Bertz CT molecular complexity index is 1220. The minimum absolute atomic E-state index is 0.0617. The molecule has 8 heteroatoms. The smallest absolute Gasteiger partial charge is 0.294 e. The molecule has 0 bridgehead atoms. The lowest BCUT2D eigenvalue weighted by Crippen LogP contribution is -2.27. The third-order valence-electron chi connectivity index (χ3n) is 5.52. The maximum Gasteiger partial charge on any atom is 0.329 e. The summed E-state index contributed by atoms with van der Waals surface area (Å²) in [4.78, 5) is 17.5. The summed E-state index contributed by atoms with van der Waals surface area (Å²) in [5.41, 5.74) is 5.95. The van der Waals surface area contributed by atoms with Gasteiger partial charge < -0.3 is 0 Å². The molecule has 0 amide bonds. The van der Waals surface area contributed by atoms with Gasteiger partial charge in [0.05, 0.1) is 6.54 Å². The van der Waals surface area contributed by atoms with Crippen molar-refractivity contribution in [3.8, 4) is 22.6 Å². The van der Waals surface area contributed by atoms with E-state index in [0.717, 1.165) is 40.9 Å². The molecule has 0 aliphatic carbocycles. The molecule has 0 atom stereocenters. The Morgan fingerprint density at radius 3 is 2.55 bits per heavy atom. The van der Waals surface area contributed by atoms with E-state index < -0.39 is 0 Å². The second-order valence-electron chi connectivity index (χ2n) is 7.95. The van der Waals surface area contributed by atoms with Crippen molar-refractivity contribution in [3.05, 3.63) is 70.0 Å². The van der Waals surface area contributed by atoms with E-state index in [1.807, 2.05) is 40.3 Å². The lowest BCUT2D eigenvalue weighted by molar-refractivity contribution is 0.550. The van der Waals surface area contributed by atoms with Crippen LogP contribution in [0.15, 0.2) is 47.4 Å². The van der Waals surface area contributed by atoms with Gasteiger partial charge in [0.25, 0.3) is 0 Å². The van der Waals surface area contributed by atoms with Crippen molar-refractivity contribution in [1.29, 1.82) is 0 Å². The summed E-state index contributed by atoms with van der Waals surface area (Å²) in [5.74, 6) is 0.459. The molecule has 4 aromatic rings. The summed E-state index contributed by atoms with van der Waals surface area (Å²) in [6.07, 6.45) is 3.61. The standard InChI is InChI=1S/C23H27N7O/c1-5-7-20-16(4)30(15(2)3)23(31)29(20)14-17-9-11-18(12-10-17)19-8-6-13-24-21(19)22-25-27-28-26-22/h6,8-13,15H,5,7,14H2,1-4H3,(H,25,26,27,28). The number of hydrogen-bond donors (Lipinski definition) is 1. The van der Waals surface area contributed by atoms with Crippen molar-refractivity contribution < 1.29 is 0 Å². The summed E-state index contributed by atoms with van der Waals surface area (Å²) >= 11 is 0. The van der Waals surface area contributed by atoms with Crippen LogP contribution in [-0.2, 0) is 13.0 Å². The summed E-state index contributed by atoms with van der Waals surface area (Å²) in [6.45, 7) is 8.86. The molecular formula is C23H27N7O. The summed E-state index contributed by atoms with van der Waals surface area (Å²) in [7, 11) is 0. The van der Waals surface area contributed by atoms with Crippen LogP contribution in [0, 0.1) is 6.92 Å². The Kier molecular flexibility index (Phi) is 5.79. The molecule has 0 fully saturated rings. The Morgan fingerprint density at radius 1 is 1.13 bits per heavy atom. The van der Waals surface area contributed by atoms with Gasteiger partial charge in [-0.1, -0.05) is 43.7 Å². The summed E-state index contributed by atoms with van der Waals surface area (Å²) < 4.78 is 3.81. The molecule has 0 saturated heterocycles. The van der Waals surface area contributed by atoms with Gasteiger partial charge in [0.1, 0.15) is 5.69 Å². The van der Waals surface area contributed by atoms with Gasteiger partial charge in [-0.05, 0) is 49.6 Å². The molecule has 160 valence electrons. The van der Waals surface area contributed by atoms with Gasteiger partial charge in [-0.25, -0.2) is 4.79 Å². The molecule has 3 aromatic heterocycles. The lowest BCUT2D eigenvalue weighted by Gasteiger charge is -2.10. The number of rotatable bonds is 7. The largest absolute Gasteiger partial charge is 0.329 e. The number of pyridine rings is 1. The fourth-order valence-corrected chi connectivity index (χ4v) is 4.10. The van der Waals surface area contributed by atoms with E-state index in [9.17, 15) is 4.79 Å². The molecule has 0 unspecified atom stereocenters. The number of imidazole rings is 1. The van der Waals surface area contributed by atoms with E-state index in [-0.39, 0.29) is 11.7 Å². The second-order valence-corrected chi connectivity index (χ2v) is 7.95. The number of tetrazole rings is 1. The lowest BCUT2D eigenvalue weighted by atomic mass is 10.0. The van der Waals surface area contributed by atoms with E-state index in [0.29, 0.717) is 18.1 Å². The molecule has 0 aliphatic heterocycles. The SMILES string of the molecule is CCCc1c(C)n(C(C)C)c(=O)n1Cc1ccc(-c2cccnc2-c2nn[nH]n2)cc1. The predicted molar refractivity (Wildman–Crippen MR) is 120 cm³/mol. The maximum absolute atomic E-state index is 13.1. The van der Waals surface area contributed by atoms with Gasteiger partial charge in [0.2, 0.25) is 5.82 Å². The first kappa shape index (κ1) is 20.7. The molecule has 8 nitrogen and oxygen atoms in total. The fraction of sp³-hybridized carbons (Fsp3) is 0.348. The Balaban J connectivity index is 1.67. The van der Waals surface area contributed by atoms with Crippen LogP contribution in [0.3, 0.4) is 0 Å². The first-order valence-corrected chi connectivity index (χ1v) is 10.6. The van der Waals surface area contributed by atoms with Crippen molar-refractivity contribution in [2.45, 2.75) is 53.1 Å². The van der Waals surface area contributed by atoms with E-state index >= 15 is 0 Å². The zero-order valence-electron chi connectivity index (χ0n) is 18.3. The number of aromatic nitrogens is 7. The average Bonchev–Trinajstić information content (AvgIpc) is 3.38. The van der Waals surface area contributed by atoms with Gasteiger partial charge in [0, 0.05) is 29.2 Å². The molecular weight excluding hydrogens is 390 g/mol. The van der Waals surface area contributed by atoms with Crippen LogP contribution in [0.5, 0.6) is 0 Å². The highest BCUT2D eigenvalue weighted by molar-refractivity contribution is 5.77. The van der Waals surface area contributed by atoms with Crippen LogP contribution in [0.1, 0.15) is 50.2 Å². The zero-order chi connectivity index (χ0) is 22.0. The van der Waals surface area contributed by atoms with Crippen molar-refractivity contribution in [2.75, 3.05) is 0 Å². The monoisotopic (exact) mass is 417 g/mol. The number of hydrogen-bond acceptors (Lipinski definition) is 5. The summed E-state index contributed by atoms with van der Waals surface area (Å²) in [5, 5.41) is 14.2.